The number of ether oxygens (including phenoxy) is 1. The van der Waals surface area contributed by atoms with Gasteiger partial charge in [0.1, 0.15) is 11.4 Å². The van der Waals surface area contributed by atoms with E-state index in [1.807, 2.05) is 28.8 Å². The van der Waals surface area contributed by atoms with E-state index in [1.54, 1.807) is 19.2 Å². The monoisotopic (exact) mass is 362 g/mol. The molecule has 0 radical (unpaired) electrons. The van der Waals surface area contributed by atoms with Crippen molar-refractivity contribution in [3.8, 4) is 23.1 Å². The molecule has 0 saturated carbocycles. The van der Waals surface area contributed by atoms with Crippen LogP contribution in [0.2, 0.25) is 0 Å². The quantitative estimate of drug-likeness (QED) is 0.769. The van der Waals surface area contributed by atoms with E-state index < -0.39 is 0 Å². The minimum atomic E-state index is 0.360. The van der Waals surface area contributed by atoms with Crippen LogP contribution in [0.25, 0.3) is 16.8 Å². The lowest BCUT2D eigenvalue weighted by molar-refractivity contribution is 0.260. The number of piperidine rings is 1. The summed E-state index contributed by atoms with van der Waals surface area (Å²) in [5, 5.41) is 21.6. The average molecular weight is 362 g/mol. The Kier molecular flexibility index (Phi) is 4.65. The zero-order valence-electron chi connectivity index (χ0n) is 15.5. The van der Waals surface area contributed by atoms with Gasteiger partial charge in [0, 0.05) is 24.3 Å². The van der Waals surface area contributed by atoms with Crippen molar-refractivity contribution in [2.75, 3.05) is 32.6 Å². The molecule has 27 heavy (non-hydrogen) atoms. The molecule has 1 atom stereocenters. The smallest absolute Gasteiger partial charge is 0.228 e. The van der Waals surface area contributed by atoms with Crippen molar-refractivity contribution in [1.29, 1.82) is 5.26 Å². The summed E-state index contributed by atoms with van der Waals surface area (Å²) in [5.74, 6) is 1.35. The van der Waals surface area contributed by atoms with Crippen LogP contribution in [-0.4, -0.2) is 52.8 Å². The lowest BCUT2D eigenvalue weighted by Gasteiger charge is -2.30. The van der Waals surface area contributed by atoms with E-state index in [9.17, 15) is 0 Å². The Hall–Kier alpha value is -3.11. The number of aromatic nitrogens is 3. The van der Waals surface area contributed by atoms with Gasteiger partial charge in [-0.15, -0.1) is 10.2 Å². The lowest BCUT2D eigenvalue weighted by atomic mass is 10.1. The van der Waals surface area contributed by atoms with Gasteiger partial charge in [-0.3, -0.25) is 4.40 Å². The maximum atomic E-state index is 9.12. The number of anilines is 1. The summed E-state index contributed by atoms with van der Waals surface area (Å²) in [6, 6.07) is 11.8. The summed E-state index contributed by atoms with van der Waals surface area (Å²) >= 11 is 0. The molecule has 0 bridgehead atoms. The fourth-order valence-electron chi connectivity index (χ4n) is 3.67. The molecule has 0 aliphatic carbocycles. The molecule has 2 aromatic heterocycles. The molecule has 1 N–H and O–H groups in total. The molecule has 0 amide bonds. The zero-order valence-corrected chi connectivity index (χ0v) is 15.5. The van der Waals surface area contributed by atoms with Crippen LogP contribution >= 0.6 is 0 Å². The number of methoxy groups -OCH3 is 1. The topological polar surface area (TPSA) is 78.5 Å². The molecule has 3 heterocycles. The van der Waals surface area contributed by atoms with Crippen molar-refractivity contribution >= 4 is 11.5 Å². The molecular formula is C20H22N6O. The van der Waals surface area contributed by atoms with Gasteiger partial charge in [-0.1, -0.05) is 0 Å². The predicted molar refractivity (Wildman–Crippen MR) is 104 cm³/mol. The summed E-state index contributed by atoms with van der Waals surface area (Å²) in [6.45, 7) is 2.13. The van der Waals surface area contributed by atoms with Gasteiger partial charge in [0.25, 0.3) is 0 Å². The van der Waals surface area contributed by atoms with Crippen LogP contribution in [0.15, 0.2) is 36.5 Å². The number of fused-ring (bicyclic) bond motifs is 1. The first-order chi connectivity index (χ1) is 13.2. The first-order valence-corrected chi connectivity index (χ1v) is 9.07. The molecule has 4 rings (SSSR count). The summed E-state index contributed by atoms with van der Waals surface area (Å²) < 4.78 is 7.50. The second-order valence-electron chi connectivity index (χ2n) is 6.91. The highest BCUT2D eigenvalue weighted by Crippen LogP contribution is 2.33. The molecule has 138 valence electrons. The van der Waals surface area contributed by atoms with Gasteiger partial charge >= 0.3 is 0 Å². The first kappa shape index (κ1) is 17.3. The molecule has 1 fully saturated rings. The van der Waals surface area contributed by atoms with Gasteiger partial charge in [-0.25, -0.2) is 0 Å². The van der Waals surface area contributed by atoms with Crippen LogP contribution in [0.1, 0.15) is 18.4 Å². The van der Waals surface area contributed by atoms with E-state index in [-0.39, 0.29) is 0 Å². The molecule has 0 spiro atoms. The lowest BCUT2D eigenvalue weighted by Crippen LogP contribution is -2.40. The summed E-state index contributed by atoms with van der Waals surface area (Å²) in [5.41, 5.74) is 3.04. The van der Waals surface area contributed by atoms with Crippen molar-refractivity contribution < 1.29 is 4.74 Å². The molecule has 1 aliphatic rings. The van der Waals surface area contributed by atoms with E-state index in [2.05, 4.69) is 33.5 Å². The molecule has 1 aromatic carbocycles. The van der Waals surface area contributed by atoms with Gasteiger partial charge < -0.3 is 15.0 Å². The number of rotatable bonds is 4. The van der Waals surface area contributed by atoms with Crippen molar-refractivity contribution in [2.24, 2.45) is 0 Å². The minimum Gasteiger partial charge on any atom is -0.496 e. The third-order valence-corrected chi connectivity index (χ3v) is 5.01. The SMILES string of the molecule is COc1cc(C#N)ccc1-c1nnc(N[C@@H]2CCCN(C)C2)n2cccc12. The predicted octanol–water partition coefficient (Wildman–Crippen LogP) is 2.78. The van der Waals surface area contributed by atoms with Gasteiger partial charge in [0.2, 0.25) is 5.95 Å². The Morgan fingerprint density at radius 3 is 2.96 bits per heavy atom. The van der Waals surface area contributed by atoms with E-state index >= 15 is 0 Å². The number of benzene rings is 1. The van der Waals surface area contributed by atoms with Crippen LogP contribution in [0.3, 0.4) is 0 Å². The second kappa shape index (κ2) is 7.25. The van der Waals surface area contributed by atoms with Crippen molar-refractivity contribution in [2.45, 2.75) is 18.9 Å². The Bertz CT molecular complexity index is 1010. The highest BCUT2D eigenvalue weighted by Gasteiger charge is 2.20. The highest BCUT2D eigenvalue weighted by molar-refractivity contribution is 5.81. The Morgan fingerprint density at radius 1 is 1.30 bits per heavy atom. The summed E-state index contributed by atoms with van der Waals surface area (Å²) in [4.78, 5) is 2.33. The molecule has 7 nitrogen and oxygen atoms in total. The number of likely N-dealkylation sites (N-methyl/N-ethyl adjacent to an activating group) is 1. The van der Waals surface area contributed by atoms with Crippen molar-refractivity contribution in [3.63, 3.8) is 0 Å². The van der Waals surface area contributed by atoms with Gasteiger partial charge in [0.15, 0.2) is 0 Å². The number of hydrogen-bond acceptors (Lipinski definition) is 6. The number of nitrogens with zero attached hydrogens (tertiary/aromatic N) is 5. The van der Waals surface area contributed by atoms with Crippen molar-refractivity contribution in [3.05, 3.63) is 42.1 Å². The molecule has 1 saturated heterocycles. The molecule has 3 aromatic rings. The minimum absolute atomic E-state index is 0.360. The Balaban J connectivity index is 1.73. The summed E-state index contributed by atoms with van der Waals surface area (Å²) in [6.07, 6.45) is 4.29. The van der Waals surface area contributed by atoms with E-state index in [0.717, 1.165) is 42.2 Å². The largest absolute Gasteiger partial charge is 0.496 e. The highest BCUT2D eigenvalue weighted by atomic mass is 16.5. The normalized spacial score (nSPS) is 17.6. The van der Waals surface area contributed by atoms with Crippen LogP contribution in [-0.2, 0) is 0 Å². The average Bonchev–Trinajstić information content (AvgIpc) is 3.18. The second-order valence-corrected chi connectivity index (χ2v) is 6.91. The van der Waals surface area contributed by atoms with Crippen LogP contribution in [0.5, 0.6) is 5.75 Å². The van der Waals surface area contributed by atoms with Crippen LogP contribution in [0.4, 0.5) is 5.95 Å². The van der Waals surface area contributed by atoms with Crippen LogP contribution < -0.4 is 10.1 Å². The maximum absolute atomic E-state index is 9.12. The molecule has 0 unspecified atom stereocenters. The molecule has 7 heteroatoms. The van der Waals surface area contributed by atoms with Gasteiger partial charge in [-0.05, 0) is 56.8 Å². The molecule has 1 aliphatic heterocycles. The number of nitrogens with one attached hydrogen (secondary N) is 1. The number of nitriles is 1. The number of likely N-dealkylation sites (tertiary alicyclic amines) is 1. The summed E-state index contributed by atoms with van der Waals surface area (Å²) in [7, 11) is 3.74. The first-order valence-electron chi connectivity index (χ1n) is 9.07. The van der Waals surface area contributed by atoms with Gasteiger partial charge in [0.05, 0.1) is 24.3 Å². The third-order valence-electron chi connectivity index (χ3n) is 5.01. The standard InChI is InChI=1S/C20H22N6O/c1-25-9-3-5-15(13-25)22-20-24-23-19(17-6-4-10-26(17)20)16-8-7-14(12-21)11-18(16)27-2/h4,6-8,10-11,15H,3,5,9,13H2,1-2H3,(H,22,24)/t15-/m1/s1. The van der Waals surface area contributed by atoms with Crippen LogP contribution in [0, 0.1) is 11.3 Å². The van der Waals surface area contributed by atoms with E-state index in [1.165, 1.54) is 6.42 Å². The molecular weight excluding hydrogens is 340 g/mol. The fraction of sp³-hybridized carbons (Fsp3) is 0.350. The van der Waals surface area contributed by atoms with E-state index in [4.69, 9.17) is 10.00 Å². The van der Waals surface area contributed by atoms with E-state index in [0.29, 0.717) is 17.4 Å². The van der Waals surface area contributed by atoms with Crippen molar-refractivity contribution in [1.82, 2.24) is 19.5 Å². The maximum Gasteiger partial charge on any atom is 0.228 e. The Labute approximate surface area is 158 Å². The third kappa shape index (κ3) is 3.32. The van der Waals surface area contributed by atoms with Gasteiger partial charge in [-0.2, -0.15) is 5.26 Å². The number of hydrogen-bond donors (Lipinski definition) is 1. The zero-order chi connectivity index (χ0) is 18.8. The fourth-order valence-corrected chi connectivity index (χ4v) is 3.67. The Morgan fingerprint density at radius 2 is 2.19 bits per heavy atom.